The topological polar surface area (TPSA) is 56.5 Å². The van der Waals surface area contributed by atoms with E-state index in [2.05, 4.69) is 16.7 Å². The van der Waals surface area contributed by atoms with Crippen molar-refractivity contribution in [2.75, 3.05) is 13.7 Å². The number of imidazole rings is 1. The summed E-state index contributed by atoms with van der Waals surface area (Å²) in [4.78, 5) is 4.93. The second kappa shape index (κ2) is 8.65. The number of hydrogen-bond donors (Lipinski definition) is 1. The van der Waals surface area contributed by atoms with E-state index in [0.29, 0.717) is 24.0 Å². The van der Waals surface area contributed by atoms with Crippen LogP contribution >= 0.6 is 0 Å². The Labute approximate surface area is 165 Å². The normalized spacial score (nSPS) is 16.2. The Balaban J connectivity index is 1.53. The van der Waals surface area contributed by atoms with Crippen molar-refractivity contribution in [1.82, 2.24) is 9.55 Å². The smallest absolute Gasteiger partial charge is 0.161 e. The molecule has 1 atom stereocenters. The molecule has 148 valence electrons. The number of aromatic nitrogens is 2. The average Bonchev–Trinajstić information content (AvgIpc) is 3.11. The van der Waals surface area contributed by atoms with Crippen LogP contribution in [-0.2, 0) is 6.54 Å². The maximum atomic E-state index is 10.7. The Morgan fingerprint density at radius 1 is 1.04 bits per heavy atom. The van der Waals surface area contributed by atoms with Crippen LogP contribution in [-0.4, -0.2) is 34.5 Å². The highest BCUT2D eigenvalue weighted by atomic mass is 16.5. The zero-order chi connectivity index (χ0) is 19.3. The van der Waals surface area contributed by atoms with Gasteiger partial charge in [-0.05, 0) is 37.1 Å². The van der Waals surface area contributed by atoms with Crippen LogP contribution in [0.15, 0.2) is 48.5 Å². The molecule has 1 aliphatic carbocycles. The fourth-order valence-electron chi connectivity index (χ4n) is 4.15. The molecule has 5 heteroatoms. The standard InChI is InChI=1S/C23H28N2O3/c1-27-21-13-7-8-14-22(21)28-16-18(26)15-25-20-12-6-5-11-19(20)24-23(25)17-9-3-2-4-10-17/h5-8,11-14,17-18,26H,2-4,9-10,15-16H2,1H3. The molecule has 0 amide bonds. The van der Waals surface area contributed by atoms with E-state index in [-0.39, 0.29) is 6.61 Å². The zero-order valence-corrected chi connectivity index (χ0v) is 16.4. The van der Waals surface area contributed by atoms with Gasteiger partial charge in [0.25, 0.3) is 0 Å². The van der Waals surface area contributed by atoms with Crippen LogP contribution in [0.5, 0.6) is 11.5 Å². The summed E-state index contributed by atoms with van der Waals surface area (Å²) in [5.74, 6) is 2.90. The van der Waals surface area contributed by atoms with Crippen molar-refractivity contribution < 1.29 is 14.6 Å². The molecule has 3 aromatic rings. The molecule has 1 aliphatic rings. The van der Waals surface area contributed by atoms with Gasteiger partial charge in [0.1, 0.15) is 18.5 Å². The molecular weight excluding hydrogens is 352 g/mol. The number of ether oxygens (including phenoxy) is 2. The van der Waals surface area contributed by atoms with Gasteiger partial charge in [-0.2, -0.15) is 0 Å². The van der Waals surface area contributed by atoms with Crippen molar-refractivity contribution in [2.45, 2.75) is 50.7 Å². The SMILES string of the molecule is COc1ccccc1OCC(O)Cn1c(C2CCCCC2)nc2ccccc21. The van der Waals surface area contributed by atoms with Crippen molar-refractivity contribution >= 4 is 11.0 Å². The molecule has 0 bridgehead atoms. The number of hydrogen-bond acceptors (Lipinski definition) is 4. The average molecular weight is 380 g/mol. The lowest BCUT2D eigenvalue weighted by Crippen LogP contribution is -2.25. The van der Waals surface area contributed by atoms with Crippen LogP contribution in [0.2, 0.25) is 0 Å². The molecule has 1 N–H and O–H groups in total. The number of rotatable bonds is 7. The number of aliphatic hydroxyl groups is 1. The Morgan fingerprint density at radius 3 is 2.54 bits per heavy atom. The van der Waals surface area contributed by atoms with Gasteiger partial charge in [-0.1, -0.05) is 43.5 Å². The third kappa shape index (κ3) is 3.99. The number of para-hydroxylation sites is 4. The van der Waals surface area contributed by atoms with Crippen molar-refractivity contribution in [3.05, 3.63) is 54.4 Å². The van der Waals surface area contributed by atoms with Gasteiger partial charge in [-0.3, -0.25) is 0 Å². The number of fused-ring (bicyclic) bond motifs is 1. The van der Waals surface area contributed by atoms with Gasteiger partial charge in [0.05, 0.1) is 24.7 Å². The molecule has 28 heavy (non-hydrogen) atoms. The summed E-state index contributed by atoms with van der Waals surface area (Å²) < 4.78 is 13.3. The molecular formula is C23H28N2O3. The lowest BCUT2D eigenvalue weighted by molar-refractivity contribution is 0.0907. The van der Waals surface area contributed by atoms with Gasteiger partial charge < -0.3 is 19.1 Å². The molecule has 1 saturated carbocycles. The minimum Gasteiger partial charge on any atom is -0.493 e. The number of nitrogens with zero attached hydrogens (tertiary/aromatic N) is 2. The van der Waals surface area contributed by atoms with Crippen molar-refractivity contribution in [1.29, 1.82) is 0 Å². The van der Waals surface area contributed by atoms with Crippen LogP contribution in [0.4, 0.5) is 0 Å². The predicted octanol–water partition coefficient (Wildman–Crippen LogP) is 4.53. The van der Waals surface area contributed by atoms with E-state index in [0.717, 1.165) is 16.9 Å². The predicted molar refractivity (Wildman–Crippen MR) is 110 cm³/mol. The van der Waals surface area contributed by atoms with E-state index in [1.54, 1.807) is 7.11 Å². The summed E-state index contributed by atoms with van der Waals surface area (Å²) in [5.41, 5.74) is 2.08. The molecule has 1 heterocycles. The summed E-state index contributed by atoms with van der Waals surface area (Å²) in [7, 11) is 1.62. The van der Waals surface area contributed by atoms with E-state index in [1.165, 1.54) is 32.1 Å². The monoisotopic (exact) mass is 380 g/mol. The van der Waals surface area contributed by atoms with E-state index in [4.69, 9.17) is 14.5 Å². The number of methoxy groups -OCH3 is 1. The first-order valence-electron chi connectivity index (χ1n) is 10.2. The van der Waals surface area contributed by atoms with Crippen LogP contribution < -0.4 is 9.47 Å². The summed E-state index contributed by atoms with van der Waals surface area (Å²) in [6.45, 7) is 0.679. The second-order valence-electron chi connectivity index (χ2n) is 7.52. The summed E-state index contributed by atoms with van der Waals surface area (Å²) in [6.07, 6.45) is 5.55. The molecule has 1 aromatic heterocycles. The van der Waals surface area contributed by atoms with Crippen molar-refractivity contribution in [3.63, 3.8) is 0 Å². The highest BCUT2D eigenvalue weighted by Crippen LogP contribution is 2.34. The molecule has 2 aromatic carbocycles. The van der Waals surface area contributed by atoms with Crippen molar-refractivity contribution in [2.24, 2.45) is 0 Å². The van der Waals surface area contributed by atoms with Gasteiger partial charge in [-0.15, -0.1) is 0 Å². The molecule has 0 radical (unpaired) electrons. The third-order valence-electron chi connectivity index (χ3n) is 5.55. The fraction of sp³-hybridized carbons (Fsp3) is 0.435. The summed E-state index contributed by atoms with van der Waals surface area (Å²) in [5, 5.41) is 10.7. The largest absolute Gasteiger partial charge is 0.493 e. The first kappa shape index (κ1) is 18.8. The van der Waals surface area contributed by atoms with Gasteiger partial charge in [0.15, 0.2) is 11.5 Å². The molecule has 0 aliphatic heterocycles. The second-order valence-corrected chi connectivity index (χ2v) is 7.52. The van der Waals surface area contributed by atoms with Crippen LogP contribution in [0.1, 0.15) is 43.8 Å². The first-order valence-corrected chi connectivity index (χ1v) is 10.2. The molecule has 0 spiro atoms. The maximum absolute atomic E-state index is 10.7. The lowest BCUT2D eigenvalue weighted by atomic mass is 9.88. The van der Waals surface area contributed by atoms with Gasteiger partial charge in [0, 0.05) is 5.92 Å². The molecule has 1 fully saturated rings. The molecule has 1 unspecified atom stereocenters. The minimum absolute atomic E-state index is 0.205. The maximum Gasteiger partial charge on any atom is 0.161 e. The van der Waals surface area contributed by atoms with E-state index in [9.17, 15) is 5.11 Å². The van der Waals surface area contributed by atoms with E-state index in [1.807, 2.05) is 36.4 Å². The Morgan fingerprint density at radius 2 is 1.75 bits per heavy atom. The number of aliphatic hydroxyl groups excluding tert-OH is 1. The molecule has 0 saturated heterocycles. The quantitative estimate of drug-likeness (QED) is 0.654. The Bertz CT molecular complexity index is 915. The van der Waals surface area contributed by atoms with Crippen LogP contribution in [0, 0.1) is 0 Å². The minimum atomic E-state index is -0.634. The number of benzene rings is 2. The zero-order valence-electron chi connectivity index (χ0n) is 16.4. The van der Waals surface area contributed by atoms with Crippen molar-refractivity contribution in [3.8, 4) is 11.5 Å². The molecule has 4 rings (SSSR count). The van der Waals surface area contributed by atoms with Crippen LogP contribution in [0.25, 0.3) is 11.0 Å². The summed E-state index contributed by atoms with van der Waals surface area (Å²) >= 11 is 0. The Kier molecular flexibility index (Phi) is 5.81. The first-order chi connectivity index (χ1) is 13.8. The van der Waals surface area contributed by atoms with E-state index < -0.39 is 6.10 Å². The Hall–Kier alpha value is -2.53. The highest BCUT2D eigenvalue weighted by Gasteiger charge is 2.23. The van der Waals surface area contributed by atoms with Gasteiger partial charge in [0.2, 0.25) is 0 Å². The fourth-order valence-corrected chi connectivity index (χ4v) is 4.15. The molecule has 5 nitrogen and oxygen atoms in total. The third-order valence-corrected chi connectivity index (χ3v) is 5.55. The highest BCUT2D eigenvalue weighted by molar-refractivity contribution is 5.76. The van der Waals surface area contributed by atoms with Gasteiger partial charge >= 0.3 is 0 Å². The van der Waals surface area contributed by atoms with E-state index >= 15 is 0 Å². The van der Waals surface area contributed by atoms with Gasteiger partial charge in [-0.25, -0.2) is 4.98 Å². The summed E-state index contributed by atoms with van der Waals surface area (Å²) in [6, 6.07) is 15.7. The lowest BCUT2D eigenvalue weighted by Gasteiger charge is -2.23. The van der Waals surface area contributed by atoms with Crippen LogP contribution in [0.3, 0.4) is 0 Å².